The van der Waals surface area contributed by atoms with Gasteiger partial charge in [0.05, 0.1) is 18.6 Å². The van der Waals surface area contributed by atoms with Crippen LogP contribution in [0.15, 0.2) is 18.3 Å². The molecule has 0 saturated carbocycles. The highest BCUT2D eigenvalue weighted by atomic mass is 35.5. The molecule has 0 radical (unpaired) electrons. The number of alkyl halides is 1. The number of ether oxygens (including phenoxy) is 2. The quantitative estimate of drug-likeness (QED) is 0.555. The Bertz CT molecular complexity index is 292. The summed E-state index contributed by atoms with van der Waals surface area (Å²) >= 11 is 5.74. The van der Waals surface area contributed by atoms with Crippen LogP contribution < -0.4 is 4.74 Å². The second-order valence-corrected chi connectivity index (χ2v) is 3.64. The van der Waals surface area contributed by atoms with Crippen molar-refractivity contribution in [3.8, 4) is 5.88 Å². The fourth-order valence-electron chi connectivity index (χ4n) is 1.08. The minimum atomic E-state index is 0.227. The van der Waals surface area contributed by atoms with E-state index in [-0.39, 0.29) is 6.10 Å². The van der Waals surface area contributed by atoms with Crippen molar-refractivity contribution < 1.29 is 9.47 Å². The van der Waals surface area contributed by atoms with Crippen LogP contribution in [0.1, 0.15) is 19.4 Å². The monoisotopic (exact) mass is 229 g/mol. The molecule has 1 rings (SSSR count). The maximum atomic E-state index is 5.74. The molecule has 1 heterocycles. The molecule has 0 bridgehead atoms. The summed E-state index contributed by atoms with van der Waals surface area (Å²) in [4.78, 5) is 4.10. The van der Waals surface area contributed by atoms with Gasteiger partial charge in [-0.15, -0.1) is 11.6 Å². The van der Waals surface area contributed by atoms with Gasteiger partial charge in [-0.05, 0) is 19.9 Å². The molecule has 3 nitrogen and oxygen atoms in total. The molecule has 0 aliphatic carbocycles. The molecular formula is C11H16ClNO2. The van der Waals surface area contributed by atoms with Gasteiger partial charge in [0, 0.05) is 11.8 Å². The fraction of sp³-hybridized carbons (Fsp3) is 0.545. The zero-order valence-electron chi connectivity index (χ0n) is 9.07. The lowest BCUT2D eigenvalue weighted by molar-refractivity contribution is 0.0541. The number of hydrogen-bond acceptors (Lipinski definition) is 3. The van der Waals surface area contributed by atoms with Crippen molar-refractivity contribution in [1.82, 2.24) is 4.98 Å². The van der Waals surface area contributed by atoms with Gasteiger partial charge in [0.1, 0.15) is 6.61 Å². The molecule has 4 heteroatoms. The van der Waals surface area contributed by atoms with E-state index in [4.69, 9.17) is 21.1 Å². The van der Waals surface area contributed by atoms with E-state index in [2.05, 4.69) is 4.98 Å². The number of aromatic nitrogens is 1. The maximum absolute atomic E-state index is 5.74. The van der Waals surface area contributed by atoms with Gasteiger partial charge in [0.2, 0.25) is 5.88 Å². The number of pyridine rings is 1. The topological polar surface area (TPSA) is 31.4 Å². The Morgan fingerprint density at radius 3 is 2.87 bits per heavy atom. The van der Waals surface area contributed by atoms with E-state index in [1.807, 2.05) is 26.0 Å². The first-order valence-corrected chi connectivity index (χ1v) is 5.51. The van der Waals surface area contributed by atoms with Crippen molar-refractivity contribution in [1.29, 1.82) is 0 Å². The van der Waals surface area contributed by atoms with Gasteiger partial charge >= 0.3 is 0 Å². The van der Waals surface area contributed by atoms with E-state index in [1.54, 1.807) is 6.20 Å². The summed E-state index contributed by atoms with van der Waals surface area (Å²) in [5.74, 6) is 1.01. The van der Waals surface area contributed by atoms with Crippen molar-refractivity contribution in [3.05, 3.63) is 23.9 Å². The molecule has 0 saturated heterocycles. The van der Waals surface area contributed by atoms with Crippen LogP contribution in [0.25, 0.3) is 0 Å². The first-order valence-electron chi connectivity index (χ1n) is 4.98. The van der Waals surface area contributed by atoms with E-state index in [0.717, 1.165) is 5.56 Å². The summed E-state index contributed by atoms with van der Waals surface area (Å²) in [5, 5.41) is 0. The third-order valence-electron chi connectivity index (χ3n) is 1.77. The molecule has 0 aliphatic heterocycles. The van der Waals surface area contributed by atoms with Crippen molar-refractivity contribution in [2.45, 2.75) is 25.8 Å². The lowest BCUT2D eigenvalue weighted by atomic mass is 10.3. The second kappa shape index (κ2) is 6.64. The van der Waals surface area contributed by atoms with Gasteiger partial charge in [0.15, 0.2) is 0 Å². The average molecular weight is 230 g/mol. The summed E-state index contributed by atoms with van der Waals surface area (Å²) in [6.45, 7) is 5.05. The summed E-state index contributed by atoms with van der Waals surface area (Å²) in [6, 6.07) is 3.74. The number of hydrogen-bond donors (Lipinski definition) is 0. The molecule has 1 aromatic heterocycles. The summed E-state index contributed by atoms with van der Waals surface area (Å²) in [5.41, 5.74) is 0.906. The standard InChI is InChI=1S/C11H16ClNO2/c1-9(2)14-6-7-15-11-10(8-12)4-3-5-13-11/h3-5,9H,6-8H2,1-2H3. The Labute approximate surface area is 95.4 Å². The van der Waals surface area contributed by atoms with Crippen LogP contribution in [0.2, 0.25) is 0 Å². The SMILES string of the molecule is CC(C)OCCOc1ncccc1CCl. The highest BCUT2D eigenvalue weighted by molar-refractivity contribution is 6.17. The molecule has 0 fully saturated rings. The Balaban J connectivity index is 2.36. The molecule has 84 valence electrons. The molecule has 0 spiro atoms. The Hall–Kier alpha value is -0.800. The Morgan fingerprint density at radius 1 is 1.40 bits per heavy atom. The highest BCUT2D eigenvalue weighted by Crippen LogP contribution is 2.15. The molecule has 1 aromatic rings. The smallest absolute Gasteiger partial charge is 0.217 e. The third kappa shape index (κ3) is 4.49. The Morgan fingerprint density at radius 2 is 2.20 bits per heavy atom. The molecule has 0 amide bonds. The van der Waals surface area contributed by atoms with Crippen LogP contribution in [0.4, 0.5) is 0 Å². The van der Waals surface area contributed by atoms with Gasteiger partial charge in [-0.1, -0.05) is 6.07 Å². The lowest BCUT2D eigenvalue weighted by Gasteiger charge is -2.10. The fourth-order valence-corrected chi connectivity index (χ4v) is 1.28. The molecule has 0 N–H and O–H groups in total. The second-order valence-electron chi connectivity index (χ2n) is 3.37. The zero-order chi connectivity index (χ0) is 11.1. The summed E-state index contributed by atoms with van der Waals surface area (Å²) in [7, 11) is 0. The molecule has 0 atom stereocenters. The lowest BCUT2D eigenvalue weighted by Crippen LogP contribution is -2.12. The van der Waals surface area contributed by atoms with Crippen LogP contribution in [-0.2, 0) is 10.6 Å². The first-order chi connectivity index (χ1) is 7.24. The van der Waals surface area contributed by atoms with E-state index >= 15 is 0 Å². The summed E-state index contributed by atoms with van der Waals surface area (Å²) < 4.78 is 10.8. The van der Waals surface area contributed by atoms with Crippen LogP contribution in [-0.4, -0.2) is 24.3 Å². The molecule has 0 aliphatic rings. The van der Waals surface area contributed by atoms with Gasteiger partial charge in [-0.25, -0.2) is 4.98 Å². The third-order valence-corrected chi connectivity index (χ3v) is 2.06. The normalized spacial score (nSPS) is 10.7. The number of halogens is 1. The van der Waals surface area contributed by atoms with Crippen molar-refractivity contribution >= 4 is 11.6 Å². The predicted molar refractivity (Wildman–Crippen MR) is 60.4 cm³/mol. The highest BCUT2D eigenvalue weighted by Gasteiger charge is 2.02. The van der Waals surface area contributed by atoms with Crippen molar-refractivity contribution in [2.24, 2.45) is 0 Å². The van der Waals surface area contributed by atoms with Gasteiger partial charge in [-0.2, -0.15) is 0 Å². The average Bonchev–Trinajstić information content (AvgIpc) is 2.24. The van der Waals surface area contributed by atoms with E-state index < -0.39 is 0 Å². The van der Waals surface area contributed by atoms with E-state index in [1.165, 1.54) is 0 Å². The van der Waals surface area contributed by atoms with Crippen LogP contribution >= 0.6 is 11.6 Å². The van der Waals surface area contributed by atoms with Crippen LogP contribution in [0, 0.1) is 0 Å². The minimum Gasteiger partial charge on any atom is -0.475 e. The molecule has 15 heavy (non-hydrogen) atoms. The minimum absolute atomic E-state index is 0.227. The maximum Gasteiger partial charge on any atom is 0.217 e. The first kappa shape index (κ1) is 12.3. The van der Waals surface area contributed by atoms with Crippen molar-refractivity contribution in [3.63, 3.8) is 0 Å². The van der Waals surface area contributed by atoms with Gasteiger partial charge in [-0.3, -0.25) is 0 Å². The Kier molecular flexibility index (Phi) is 5.43. The summed E-state index contributed by atoms with van der Waals surface area (Å²) in [6.07, 6.45) is 1.92. The largest absolute Gasteiger partial charge is 0.475 e. The molecule has 0 unspecified atom stereocenters. The van der Waals surface area contributed by atoms with Gasteiger partial charge < -0.3 is 9.47 Å². The molecular weight excluding hydrogens is 214 g/mol. The number of nitrogens with zero attached hydrogens (tertiary/aromatic N) is 1. The van der Waals surface area contributed by atoms with Crippen LogP contribution in [0.5, 0.6) is 5.88 Å². The van der Waals surface area contributed by atoms with Crippen LogP contribution in [0.3, 0.4) is 0 Å². The van der Waals surface area contributed by atoms with Crippen molar-refractivity contribution in [2.75, 3.05) is 13.2 Å². The van der Waals surface area contributed by atoms with E-state index in [0.29, 0.717) is 25.0 Å². The van der Waals surface area contributed by atoms with E-state index in [9.17, 15) is 0 Å². The van der Waals surface area contributed by atoms with Gasteiger partial charge in [0.25, 0.3) is 0 Å². The molecule has 0 aromatic carbocycles. The number of rotatable bonds is 6. The zero-order valence-corrected chi connectivity index (χ0v) is 9.83. The predicted octanol–water partition coefficient (Wildman–Crippen LogP) is 2.62.